The van der Waals surface area contributed by atoms with Gasteiger partial charge in [0.1, 0.15) is 5.57 Å². The quantitative estimate of drug-likeness (QED) is 0.104. The van der Waals surface area contributed by atoms with Crippen molar-refractivity contribution in [2.45, 2.75) is 85.7 Å². The summed E-state index contributed by atoms with van der Waals surface area (Å²) in [5.41, 5.74) is 5.08. The Morgan fingerprint density at radius 3 is 1.40 bits per heavy atom. The van der Waals surface area contributed by atoms with Crippen LogP contribution in [0.2, 0.25) is 0 Å². The van der Waals surface area contributed by atoms with Crippen LogP contribution in [0.5, 0.6) is 0 Å². The number of likely N-dealkylation sites (N-methyl/N-ethyl adjacent to an activating group) is 2. The number of nitrogens with zero attached hydrogens (tertiary/aromatic N) is 4. The first-order chi connectivity index (χ1) is 26.9. The van der Waals surface area contributed by atoms with E-state index >= 15 is 0 Å². The maximum absolute atomic E-state index is 14.3. The van der Waals surface area contributed by atoms with Gasteiger partial charge < -0.3 is 9.13 Å². The van der Waals surface area contributed by atoms with Crippen molar-refractivity contribution in [3.63, 3.8) is 0 Å². The second-order valence-electron chi connectivity index (χ2n) is 14.8. The molecule has 2 aliphatic rings. The molecular formula is C48H50N4O3. The SMILES string of the molecule is CCCCn1/c(=C/C=C2\CCC/C(=C\C=c3/c4cccc5cccc(c54)n3CCCC)C2=C2C(=O)N(CC)C(=O)N(CC)C2=O)c2cccc3cccc1c32. The van der Waals surface area contributed by atoms with Gasteiger partial charge in [-0.2, -0.15) is 0 Å². The van der Waals surface area contributed by atoms with Gasteiger partial charge in [-0.1, -0.05) is 99.5 Å². The number of benzene rings is 4. The highest BCUT2D eigenvalue weighted by molar-refractivity contribution is 6.30. The number of unbranched alkanes of at least 4 members (excludes halogenated alkanes) is 2. The van der Waals surface area contributed by atoms with Gasteiger partial charge in [-0.25, -0.2) is 4.79 Å². The van der Waals surface area contributed by atoms with Gasteiger partial charge in [0, 0.05) is 69.5 Å². The van der Waals surface area contributed by atoms with Crippen molar-refractivity contribution in [3.05, 3.63) is 118 Å². The average molecular weight is 731 g/mol. The minimum atomic E-state index is -0.549. The lowest BCUT2D eigenvalue weighted by Crippen LogP contribution is -2.56. The van der Waals surface area contributed by atoms with E-state index in [1.165, 1.54) is 53.2 Å². The third-order valence-electron chi connectivity index (χ3n) is 11.6. The van der Waals surface area contributed by atoms with Crippen LogP contribution in [0.4, 0.5) is 4.79 Å². The lowest BCUT2D eigenvalue weighted by Gasteiger charge is -2.35. The maximum Gasteiger partial charge on any atom is 0.333 e. The molecule has 8 rings (SSSR count). The van der Waals surface area contributed by atoms with E-state index in [2.05, 4.69) is 120 Å². The molecule has 1 saturated heterocycles. The van der Waals surface area contributed by atoms with Crippen molar-refractivity contribution in [2.24, 2.45) is 0 Å². The normalized spacial score (nSPS) is 18.1. The third kappa shape index (κ3) is 6.10. The molecule has 1 saturated carbocycles. The lowest BCUT2D eigenvalue weighted by atomic mass is 9.80. The van der Waals surface area contributed by atoms with Gasteiger partial charge in [-0.15, -0.1) is 0 Å². The predicted octanol–water partition coefficient (Wildman–Crippen LogP) is 9.37. The number of aryl methyl sites for hydroxylation is 2. The molecule has 0 N–H and O–H groups in total. The van der Waals surface area contributed by atoms with Gasteiger partial charge in [0.15, 0.2) is 0 Å². The fourth-order valence-electron chi connectivity index (χ4n) is 8.93. The Hall–Kier alpha value is -5.69. The van der Waals surface area contributed by atoms with Crippen LogP contribution in [-0.2, 0) is 22.7 Å². The first kappa shape index (κ1) is 36.3. The summed E-state index contributed by atoms with van der Waals surface area (Å²) in [7, 11) is 0. The largest absolute Gasteiger partial charge is 0.340 e. The van der Waals surface area contributed by atoms with Crippen LogP contribution < -0.4 is 10.7 Å². The second kappa shape index (κ2) is 15.2. The smallest absolute Gasteiger partial charge is 0.333 e. The summed E-state index contributed by atoms with van der Waals surface area (Å²) in [6.45, 7) is 10.2. The Morgan fingerprint density at radius 1 is 0.545 bits per heavy atom. The summed E-state index contributed by atoms with van der Waals surface area (Å²) in [5.74, 6) is -1.03. The average Bonchev–Trinajstić information content (AvgIpc) is 3.68. The van der Waals surface area contributed by atoms with Crippen LogP contribution in [0.3, 0.4) is 0 Å². The molecule has 3 heterocycles. The molecule has 0 unspecified atom stereocenters. The number of imide groups is 2. The summed E-state index contributed by atoms with van der Waals surface area (Å²) in [6, 6.07) is 25.4. The Balaban J connectivity index is 1.39. The summed E-state index contributed by atoms with van der Waals surface area (Å²) < 4.78 is 4.84. The van der Waals surface area contributed by atoms with E-state index in [0.29, 0.717) is 18.4 Å². The van der Waals surface area contributed by atoms with Crippen LogP contribution in [0, 0.1) is 0 Å². The fourth-order valence-corrected chi connectivity index (χ4v) is 8.93. The Kier molecular flexibility index (Phi) is 10.0. The minimum Gasteiger partial charge on any atom is -0.340 e. The van der Waals surface area contributed by atoms with Gasteiger partial charge in [0.25, 0.3) is 11.8 Å². The number of hydrogen-bond acceptors (Lipinski definition) is 3. The van der Waals surface area contributed by atoms with Crippen molar-refractivity contribution in [3.8, 4) is 0 Å². The van der Waals surface area contributed by atoms with Crippen molar-refractivity contribution >= 4 is 73.3 Å². The summed E-state index contributed by atoms with van der Waals surface area (Å²) in [5, 5.41) is 9.58. The van der Waals surface area contributed by atoms with Crippen LogP contribution in [0.1, 0.15) is 72.6 Å². The molecule has 1 aliphatic heterocycles. The van der Waals surface area contributed by atoms with Crippen LogP contribution in [0.25, 0.3) is 55.5 Å². The van der Waals surface area contributed by atoms with Crippen LogP contribution in [-0.4, -0.2) is 49.9 Å². The molecule has 0 radical (unpaired) electrons. The molecule has 2 aromatic heterocycles. The van der Waals surface area contributed by atoms with Gasteiger partial charge in [0.05, 0.1) is 0 Å². The number of allylic oxidation sites excluding steroid dienone is 5. The zero-order valence-electron chi connectivity index (χ0n) is 32.5. The van der Waals surface area contributed by atoms with Crippen LogP contribution in [0.15, 0.2) is 107 Å². The Bertz CT molecular complexity index is 2510. The number of amides is 4. The fraction of sp³-hybridized carbons (Fsp3) is 0.312. The number of carbonyl (C=O) groups excluding carboxylic acids is 3. The van der Waals surface area contributed by atoms with E-state index in [0.717, 1.165) is 67.0 Å². The highest BCUT2D eigenvalue weighted by Crippen LogP contribution is 2.39. The molecule has 0 spiro atoms. The van der Waals surface area contributed by atoms with Crippen LogP contribution >= 0.6 is 0 Å². The zero-order chi connectivity index (χ0) is 38.2. The number of hydrogen-bond donors (Lipinski definition) is 0. The summed E-state index contributed by atoms with van der Waals surface area (Å²) >= 11 is 0. The first-order valence-electron chi connectivity index (χ1n) is 20.2. The molecule has 1 aliphatic carbocycles. The summed E-state index contributed by atoms with van der Waals surface area (Å²) in [4.78, 5) is 44.5. The first-order valence-corrected chi connectivity index (χ1v) is 20.2. The highest BCUT2D eigenvalue weighted by Gasteiger charge is 2.43. The lowest BCUT2D eigenvalue weighted by molar-refractivity contribution is -0.135. The standard InChI is InChI=1S/C48H50N4O3/c1-5-9-30-51-38(36-22-12-18-32-20-14-24-40(51)43(32)36)28-26-34-16-11-17-35(42(34)45-46(53)49(7-3)48(55)50(8-4)47(45)54)27-29-39-37-23-13-19-33-21-15-25-41(44(33)37)52(39)31-10-6-2/h12-15,18-29H,5-11,16-17,30-31H2,1-4H3/b34-26+,35-27+,38-28+,39-29+. The van der Waals surface area contributed by atoms with Crippen molar-refractivity contribution in [2.75, 3.05) is 13.1 Å². The van der Waals surface area contributed by atoms with Gasteiger partial charge in [-0.3, -0.25) is 19.4 Å². The minimum absolute atomic E-state index is 0.0941. The molecule has 7 heteroatoms. The van der Waals surface area contributed by atoms with E-state index in [-0.39, 0.29) is 18.7 Å². The Labute approximate surface area is 322 Å². The van der Waals surface area contributed by atoms with Crippen molar-refractivity contribution in [1.29, 1.82) is 0 Å². The van der Waals surface area contributed by atoms with Gasteiger partial charge in [0.2, 0.25) is 0 Å². The van der Waals surface area contributed by atoms with Crippen molar-refractivity contribution in [1.82, 2.24) is 18.9 Å². The number of carbonyl (C=O) groups is 3. The Morgan fingerprint density at radius 2 is 0.982 bits per heavy atom. The second-order valence-corrected chi connectivity index (χ2v) is 14.8. The van der Waals surface area contributed by atoms with E-state index in [4.69, 9.17) is 0 Å². The molecule has 4 aromatic carbocycles. The van der Waals surface area contributed by atoms with Gasteiger partial charge in [-0.05, 0) is 97.7 Å². The predicted molar refractivity (Wildman–Crippen MR) is 225 cm³/mol. The number of barbiturate groups is 1. The molecule has 2 fully saturated rings. The number of rotatable bonds is 10. The molecular weight excluding hydrogens is 681 g/mol. The van der Waals surface area contributed by atoms with E-state index < -0.39 is 17.8 Å². The molecule has 0 bridgehead atoms. The van der Waals surface area contributed by atoms with Crippen molar-refractivity contribution < 1.29 is 14.4 Å². The molecule has 4 amide bonds. The summed E-state index contributed by atoms with van der Waals surface area (Å²) in [6.07, 6.45) is 15.2. The van der Waals surface area contributed by atoms with E-state index in [1.807, 2.05) is 0 Å². The molecule has 280 valence electrons. The topological polar surface area (TPSA) is 67.6 Å². The van der Waals surface area contributed by atoms with E-state index in [1.54, 1.807) is 13.8 Å². The third-order valence-corrected chi connectivity index (χ3v) is 11.6. The van der Waals surface area contributed by atoms with E-state index in [9.17, 15) is 14.4 Å². The zero-order valence-corrected chi connectivity index (χ0v) is 32.5. The molecule has 55 heavy (non-hydrogen) atoms. The number of urea groups is 1. The molecule has 6 aromatic rings. The number of aromatic nitrogens is 2. The monoisotopic (exact) mass is 730 g/mol. The maximum atomic E-state index is 14.3. The molecule has 7 nitrogen and oxygen atoms in total. The molecule has 0 atom stereocenters. The highest BCUT2D eigenvalue weighted by atomic mass is 16.2. The van der Waals surface area contributed by atoms with Gasteiger partial charge >= 0.3 is 6.03 Å².